The molecule has 25 heavy (non-hydrogen) atoms. The molecule has 8 heteroatoms. The molecular formula is C17H21N7O. The second kappa shape index (κ2) is 5.94. The number of aromatic amines is 1. The zero-order valence-electron chi connectivity index (χ0n) is 14.7. The molecule has 4 rings (SSSR count). The molecule has 1 aliphatic rings. The quantitative estimate of drug-likeness (QED) is 0.771. The molecule has 0 radical (unpaired) electrons. The lowest BCUT2D eigenvalue weighted by Gasteiger charge is -2.34. The van der Waals surface area contributed by atoms with Crippen LogP contribution in [0.2, 0.25) is 0 Å². The van der Waals surface area contributed by atoms with E-state index in [9.17, 15) is 4.79 Å². The zero-order valence-corrected chi connectivity index (χ0v) is 14.7. The molecule has 3 aromatic rings. The lowest BCUT2D eigenvalue weighted by Crippen LogP contribution is -2.39. The summed E-state index contributed by atoms with van der Waals surface area (Å²) in [7, 11) is 1.86. The molecule has 130 valence electrons. The van der Waals surface area contributed by atoms with Gasteiger partial charge in [-0.3, -0.25) is 14.6 Å². The molecule has 1 saturated heterocycles. The summed E-state index contributed by atoms with van der Waals surface area (Å²) in [4.78, 5) is 23.9. The van der Waals surface area contributed by atoms with Crippen molar-refractivity contribution in [3.05, 3.63) is 35.2 Å². The van der Waals surface area contributed by atoms with Crippen molar-refractivity contribution in [3.8, 4) is 0 Å². The van der Waals surface area contributed by atoms with E-state index in [4.69, 9.17) is 0 Å². The molecule has 1 aliphatic heterocycles. The third kappa shape index (κ3) is 2.67. The van der Waals surface area contributed by atoms with Crippen LogP contribution in [0.5, 0.6) is 0 Å². The summed E-state index contributed by atoms with van der Waals surface area (Å²) < 4.78 is 1.74. The minimum absolute atomic E-state index is 0.0233. The number of carbonyl (C=O) groups excluding carboxylic acids is 1. The summed E-state index contributed by atoms with van der Waals surface area (Å²) in [6.45, 7) is 4.51. The van der Waals surface area contributed by atoms with Gasteiger partial charge < -0.3 is 4.90 Å². The van der Waals surface area contributed by atoms with Gasteiger partial charge in [-0.05, 0) is 39.2 Å². The highest BCUT2D eigenvalue weighted by Gasteiger charge is 2.31. The van der Waals surface area contributed by atoms with Crippen LogP contribution in [-0.4, -0.2) is 47.3 Å². The monoisotopic (exact) mass is 339 g/mol. The van der Waals surface area contributed by atoms with Crippen LogP contribution in [0.25, 0.3) is 11.0 Å². The third-order valence-corrected chi connectivity index (χ3v) is 4.79. The molecule has 1 amide bonds. The van der Waals surface area contributed by atoms with Crippen molar-refractivity contribution < 1.29 is 4.79 Å². The smallest absolute Gasteiger partial charge is 0.256 e. The maximum absolute atomic E-state index is 13.1. The minimum atomic E-state index is -0.0862. The first-order valence-corrected chi connectivity index (χ1v) is 8.54. The Hall–Kier alpha value is -2.77. The average molecular weight is 339 g/mol. The van der Waals surface area contributed by atoms with Crippen molar-refractivity contribution in [2.45, 2.75) is 39.2 Å². The molecule has 0 bridgehead atoms. The van der Waals surface area contributed by atoms with Gasteiger partial charge in [0.15, 0.2) is 11.5 Å². The summed E-state index contributed by atoms with van der Waals surface area (Å²) in [6, 6.07) is 1.80. The number of pyridine rings is 1. The fraction of sp³-hybridized carbons (Fsp3) is 0.471. The number of nitrogens with zero attached hydrogens (tertiary/aromatic N) is 6. The standard InChI is InChI=1S/C17H21N7O/c1-10-13-8-12(9-18-16(13)23(3)22-10)17(25)24-7-5-4-6-14(24)15-19-11(2)20-21-15/h8-9,14H,4-7H2,1-3H3,(H,19,20,21)/t14-/m0/s1. The van der Waals surface area contributed by atoms with Gasteiger partial charge in [0.25, 0.3) is 5.91 Å². The molecule has 1 fully saturated rings. The number of H-pyrrole nitrogens is 1. The van der Waals surface area contributed by atoms with Gasteiger partial charge in [-0.2, -0.15) is 10.2 Å². The van der Waals surface area contributed by atoms with Crippen LogP contribution in [-0.2, 0) is 7.05 Å². The van der Waals surface area contributed by atoms with E-state index in [-0.39, 0.29) is 11.9 Å². The van der Waals surface area contributed by atoms with Gasteiger partial charge in [0.2, 0.25) is 0 Å². The topological polar surface area (TPSA) is 92.6 Å². The van der Waals surface area contributed by atoms with E-state index < -0.39 is 0 Å². The molecule has 0 aromatic carbocycles. The number of hydrogen-bond donors (Lipinski definition) is 1. The summed E-state index contributed by atoms with van der Waals surface area (Å²) in [5, 5.41) is 12.4. The number of piperidine rings is 1. The largest absolute Gasteiger partial charge is 0.328 e. The normalized spacial score (nSPS) is 18.0. The molecule has 0 saturated carbocycles. The van der Waals surface area contributed by atoms with Gasteiger partial charge in [0, 0.05) is 25.2 Å². The maximum atomic E-state index is 13.1. The fourth-order valence-electron chi connectivity index (χ4n) is 3.54. The minimum Gasteiger partial charge on any atom is -0.328 e. The highest BCUT2D eigenvalue weighted by atomic mass is 16.2. The van der Waals surface area contributed by atoms with Crippen molar-refractivity contribution in [3.63, 3.8) is 0 Å². The van der Waals surface area contributed by atoms with Crippen LogP contribution in [0, 0.1) is 13.8 Å². The van der Waals surface area contributed by atoms with Crippen LogP contribution >= 0.6 is 0 Å². The fourth-order valence-corrected chi connectivity index (χ4v) is 3.54. The summed E-state index contributed by atoms with van der Waals surface area (Å²) >= 11 is 0. The lowest BCUT2D eigenvalue weighted by atomic mass is 10.0. The Bertz CT molecular complexity index is 942. The molecule has 8 nitrogen and oxygen atoms in total. The number of aromatic nitrogens is 6. The van der Waals surface area contributed by atoms with E-state index in [1.165, 1.54) is 0 Å². The van der Waals surface area contributed by atoms with Crippen LogP contribution in [0.3, 0.4) is 0 Å². The molecule has 1 atom stereocenters. The summed E-state index contributed by atoms with van der Waals surface area (Å²) in [5.41, 5.74) is 2.25. The first-order chi connectivity index (χ1) is 12.0. The number of nitrogens with one attached hydrogen (secondary N) is 1. The van der Waals surface area contributed by atoms with E-state index in [0.717, 1.165) is 41.8 Å². The second-order valence-electron chi connectivity index (χ2n) is 6.59. The van der Waals surface area contributed by atoms with E-state index in [2.05, 4.69) is 25.3 Å². The first-order valence-electron chi connectivity index (χ1n) is 8.54. The number of hydrogen-bond acceptors (Lipinski definition) is 5. The first kappa shape index (κ1) is 15.7. The Morgan fingerprint density at radius 1 is 1.32 bits per heavy atom. The van der Waals surface area contributed by atoms with Gasteiger partial charge in [-0.1, -0.05) is 0 Å². The predicted octanol–water partition coefficient (Wildman–Crippen LogP) is 2.07. The van der Waals surface area contributed by atoms with E-state index in [0.29, 0.717) is 17.9 Å². The molecule has 0 aliphatic carbocycles. The highest BCUT2D eigenvalue weighted by molar-refractivity contribution is 5.97. The maximum Gasteiger partial charge on any atom is 0.256 e. The lowest BCUT2D eigenvalue weighted by molar-refractivity contribution is 0.0600. The molecular weight excluding hydrogens is 318 g/mol. The molecule has 0 unspecified atom stereocenters. The number of likely N-dealkylation sites (tertiary alicyclic amines) is 1. The molecule has 4 heterocycles. The highest BCUT2D eigenvalue weighted by Crippen LogP contribution is 2.30. The van der Waals surface area contributed by atoms with Gasteiger partial charge in [-0.25, -0.2) is 9.97 Å². The van der Waals surface area contributed by atoms with Gasteiger partial charge in [0.05, 0.1) is 17.3 Å². The van der Waals surface area contributed by atoms with Crippen molar-refractivity contribution in [1.29, 1.82) is 0 Å². The number of amides is 1. The van der Waals surface area contributed by atoms with Crippen molar-refractivity contribution in [2.24, 2.45) is 7.05 Å². The number of carbonyl (C=O) groups is 1. The Morgan fingerprint density at radius 3 is 2.92 bits per heavy atom. The molecule has 3 aromatic heterocycles. The van der Waals surface area contributed by atoms with Crippen molar-refractivity contribution in [1.82, 2.24) is 34.8 Å². The van der Waals surface area contributed by atoms with Crippen LogP contribution < -0.4 is 0 Å². The Labute approximate surface area is 145 Å². The van der Waals surface area contributed by atoms with Crippen molar-refractivity contribution >= 4 is 16.9 Å². The zero-order chi connectivity index (χ0) is 17.6. The Morgan fingerprint density at radius 2 is 2.16 bits per heavy atom. The third-order valence-electron chi connectivity index (χ3n) is 4.79. The van der Waals surface area contributed by atoms with Gasteiger partial charge in [-0.15, -0.1) is 0 Å². The summed E-state index contributed by atoms with van der Waals surface area (Å²) in [5.74, 6) is 1.43. The van der Waals surface area contributed by atoms with Gasteiger partial charge >= 0.3 is 0 Å². The molecule has 1 N–H and O–H groups in total. The van der Waals surface area contributed by atoms with Crippen LogP contribution in [0.4, 0.5) is 0 Å². The van der Waals surface area contributed by atoms with Crippen molar-refractivity contribution in [2.75, 3.05) is 6.54 Å². The molecule has 0 spiro atoms. The second-order valence-corrected chi connectivity index (χ2v) is 6.59. The number of aryl methyl sites for hydroxylation is 3. The number of rotatable bonds is 2. The Balaban J connectivity index is 1.69. The van der Waals surface area contributed by atoms with Gasteiger partial charge in [0.1, 0.15) is 5.82 Å². The number of fused-ring (bicyclic) bond motifs is 1. The average Bonchev–Trinajstić information content (AvgIpc) is 3.18. The van der Waals surface area contributed by atoms with Crippen LogP contribution in [0.1, 0.15) is 53.0 Å². The predicted molar refractivity (Wildman–Crippen MR) is 92.0 cm³/mol. The van der Waals surface area contributed by atoms with E-state index >= 15 is 0 Å². The summed E-state index contributed by atoms with van der Waals surface area (Å²) in [6.07, 6.45) is 4.58. The van der Waals surface area contributed by atoms with Crippen LogP contribution in [0.15, 0.2) is 12.3 Å². The SMILES string of the molecule is Cc1nc([C@@H]2CCCCN2C(=O)c2cnc3c(c2)c(C)nn3C)n[nH]1. The van der Waals surface area contributed by atoms with E-state index in [1.54, 1.807) is 10.9 Å². The van der Waals surface area contributed by atoms with E-state index in [1.807, 2.05) is 31.9 Å². The Kier molecular flexibility index (Phi) is 3.74.